The highest BCUT2D eigenvalue weighted by molar-refractivity contribution is 6.25. The summed E-state index contributed by atoms with van der Waals surface area (Å²) >= 11 is 10.1. The van der Waals surface area contributed by atoms with Crippen molar-refractivity contribution in [3.8, 4) is 0 Å². The van der Waals surface area contributed by atoms with E-state index in [-0.39, 0.29) is 0 Å². The lowest BCUT2D eigenvalue weighted by atomic mass is 10.6. The molecule has 0 fully saturated rings. The molecule has 0 aliphatic heterocycles. The molecule has 0 aliphatic carbocycles. The Morgan fingerprint density at radius 3 is 1.10 bits per heavy atom. The standard InChI is InChI=1S/2C4H5Cl/c2*1-2-3-4-5/h2*2-4H,1H2/b4-3+;4-3-. The first kappa shape index (κ1) is 12.2. The van der Waals surface area contributed by atoms with Crippen LogP contribution in [-0.4, -0.2) is 0 Å². The Morgan fingerprint density at radius 2 is 1.10 bits per heavy atom. The summed E-state index contributed by atoms with van der Waals surface area (Å²) < 4.78 is 0. The second kappa shape index (κ2) is 15.8. The van der Waals surface area contributed by atoms with Crippen LogP contribution in [0.4, 0.5) is 0 Å². The molecular weight excluding hydrogens is 167 g/mol. The molecule has 0 amide bonds. The normalized spacial score (nSPS) is 9.00. The van der Waals surface area contributed by atoms with Crippen LogP contribution in [0.25, 0.3) is 0 Å². The van der Waals surface area contributed by atoms with Gasteiger partial charge in [0.05, 0.1) is 0 Å². The zero-order chi connectivity index (χ0) is 8.24. The lowest BCUT2D eigenvalue weighted by Crippen LogP contribution is -1.29. The van der Waals surface area contributed by atoms with Crippen LogP contribution in [0.15, 0.2) is 48.5 Å². The number of rotatable bonds is 2. The number of hydrogen-bond donors (Lipinski definition) is 0. The third-order valence-corrected chi connectivity index (χ3v) is 0.709. The smallest absolute Gasteiger partial charge is 0.00422 e. The van der Waals surface area contributed by atoms with Crippen molar-refractivity contribution >= 4 is 23.2 Å². The van der Waals surface area contributed by atoms with Gasteiger partial charge in [-0.05, 0) is 0 Å². The fourth-order valence-electron chi connectivity index (χ4n) is 0.103. The summed E-state index contributed by atoms with van der Waals surface area (Å²) in [5, 5.41) is 0. The molecule has 0 aliphatic rings. The van der Waals surface area contributed by atoms with E-state index in [1.165, 1.54) is 11.1 Å². The SMILES string of the molecule is C=C/C=C/Cl.C=C/C=C\Cl. The zero-order valence-electron chi connectivity index (χ0n) is 5.63. The Labute approximate surface area is 72.1 Å². The fraction of sp³-hybridized carbons (Fsp3) is 0. The van der Waals surface area contributed by atoms with Gasteiger partial charge in [0.2, 0.25) is 0 Å². The minimum Gasteiger partial charge on any atom is -0.0990 e. The van der Waals surface area contributed by atoms with E-state index in [1.54, 1.807) is 24.3 Å². The molecule has 0 aromatic heterocycles. The van der Waals surface area contributed by atoms with Gasteiger partial charge in [-0.15, -0.1) is 0 Å². The second-order valence-corrected chi connectivity index (χ2v) is 1.61. The molecule has 2 heteroatoms. The third kappa shape index (κ3) is 25.7. The van der Waals surface area contributed by atoms with Crippen LogP contribution in [0.1, 0.15) is 0 Å². The summed E-state index contributed by atoms with van der Waals surface area (Å²) in [5.74, 6) is 0. The summed E-state index contributed by atoms with van der Waals surface area (Å²) in [5.41, 5.74) is 2.82. The average molecular weight is 177 g/mol. The van der Waals surface area contributed by atoms with Gasteiger partial charge in [0, 0.05) is 11.1 Å². The minimum atomic E-state index is 1.41. The van der Waals surface area contributed by atoms with Gasteiger partial charge in [-0.2, -0.15) is 0 Å². The summed E-state index contributed by atoms with van der Waals surface area (Å²) in [7, 11) is 0. The van der Waals surface area contributed by atoms with Crippen LogP contribution in [0.3, 0.4) is 0 Å². The number of allylic oxidation sites excluding steroid dienone is 4. The molecule has 0 saturated heterocycles. The molecule has 0 spiro atoms. The molecule has 0 unspecified atom stereocenters. The minimum absolute atomic E-state index is 1.41. The lowest BCUT2D eigenvalue weighted by Gasteiger charge is -1.53. The molecule has 0 nitrogen and oxygen atoms in total. The molecule has 0 heterocycles. The lowest BCUT2D eigenvalue weighted by molar-refractivity contribution is 2.11. The van der Waals surface area contributed by atoms with Gasteiger partial charge in [0.1, 0.15) is 0 Å². The topological polar surface area (TPSA) is 0 Å². The monoisotopic (exact) mass is 176 g/mol. The maximum Gasteiger partial charge on any atom is 0.00422 e. The first-order valence-electron chi connectivity index (χ1n) is 2.59. The molecule has 0 N–H and O–H groups in total. The number of hydrogen-bond acceptors (Lipinski definition) is 0. The van der Waals surface area contributed by atoms with Crippen molar-refractivity contribution in [3.05, 3.63) is 48.5 Å². The molecule has 10 heavy (non-hydrogen) atoms. The van der Waals surface area contributed by atoms with E-state index in [2.05, 4.69) is 13.2 Å². The molecule has 0 radical (unpaired) electrons. The van der Waals surface area contributed by atoms with Crippen molar-refractivity contribution < 1.29 is 0 Å². The van der Waals surface area contributed by atoms with Gasteiger partial charge >= 0.3 is 0 Å². The Balaban J connectivity index is 0. The van der Waals surface area contributed by atoms with Crippen LogP contribution in [0, 0.1) is 0 Å². The van der Waals surface area contributed by atoms with Gasteiger partial charge in [-0.3, -0.25) is 0 Å². The van der Waals surface area contributed by atoms with Gasteiger partial charge in [-0.25, -0.2) is 0 Å². The zero-order valence-corrected chi connectivity index (χ0v) is 7.15. The summed E-state index contributed by atoms with van der Waals surface area (Å²) in [6, 6.07) is 0. The highest BCUT2D eigenvalue weighted by Gasteiger charge is 1.44. The van der Waals surface area contributed by atoms with Gasteiger partial charge in [0.15, 0.2) is 0 Å². The van der Waals surface area contributed by atoms with Crippen LogP contribution < -0.4 is 0 Å². The van der Waals surface area contributed by atoms with Crippen molar-refractivity contribution in [2.24, 2.45) is 0 Å². The molecule has 0 atom stereocenters. The largest absolute Gasteiger partial charge is 0.0990 e. The van der Waals surface area contributed by atoms with Crippen LogP contribution in [-0.2, 0) is 0 Å². The van der Waals surface area contributed by atoms with Crippen molar-refractivity contribution in [1.82, 2.24) is 0 Å². The van der Waals surface area contributed by atoms with E-state index in [1.807, 2.05) is 0 Å². The number of halogens is 2. The molecule has 0 saturated carbocycles. The van der Waals surface area contributed by atoms with E-state index in [9.17, 15) is 0 Å². The first-order valence-corrected chi connectivity index (χ1v) is 3.46. The van der Waals surface area contributed by atoms with E-state index in [0.717, 1.165) is 0 Å². The molecule has 0 bridgehead atoms. The average Bonchev–Trinajstić information content (AvgIpc) is 1.93. The van der Waals surface area contributed by atoms with E-state index < -0.39 is 0 Å². The second-order valence-electron chi connectivity index (χ2n) is 1.11. The van der Waals surface area contributed by atoms with Crippen molar-refractivity contribution in [3.63, 3.8) is 0 Å². The van der Waals surface area contributed by atoms with Gasteiger partial charge < -0.3 is 0 Å². The first-order chi connectivity index (χ1) is 4.83. The third-order valence-electron chi connectivity index (χ3n) is 0.418. The summed E-state index contributed by atoms with van der Waals surface area (Å²) in [6.45, 7) is 6.76. The van der Waals surface area contributed by atoms with Crippen LogP contribution in [0.5, 0.6) is 0 Å². The Morgan fingerprint density at radius 1 is 0.800 bits per heavy atom. The maximum absolute atomic E-state index is 5.05. The molecule has 56 valence electrons. The van der Waals surface area contributed by atoms with Crippen LogP contribution >= 0.6 is 23.2 Å². The maximum atomic E-state index is 5.05. The summed E-state index contributed by atoms with van der Waals surface area (Å²) in [4.78, 5) is 0. The van der Waals surface area contributed by atoms with Crippen LogP contribution in [0.2, 0.25) is 0 Å². The van der Waals surface area contributed by atoms with Crippen molar-refractivity contribution in [1.29, 1.82) is 0 Å². The summed E-state index contributed by atoms with van der Waals surface area (Å²) in [6.07, 6.45) is 6.54. The Kier molecular flexibility index (Phi) is 19.4. The molecule has 0 rings (SSSR count). The van der Waals surface area contributed by atoms with Crippen molar-refractivity contribution in [2.75, 3.05) is 0 Å². The van der Waals surface area contributed by atoms with Gasteiger partial charge in [0.25, 0.3) is 0 Å². The Bertz CT molecular complexity index is 107. The van der Waals surface area contributed by atoms with Gasteiger partial charge in [-0.1, -0.05) is 60.7 Å². The van der Waals surface area contributed by atoms with E-state index in [0.29, 0.717) is 0 Å². The quantitative estimate of drug-likeness (QED) is 0.562. The van der Waals surface area contributed by atoms with E-state index in [4.69, 9.17) is 23.2 Å². The predicted molar refractivity (Wildman–Crippen MR) is 50.4 cm³/mol. The van der Waals surface area contributed by atoms with Crippen molar-refractivity contribution in [2.45, 2.75) is 0 Å². The highest BCUT2D eigenvalue weighted by Crippen LogP contribution is 1.74. The Hall–Kier alpha value is -0.460. The predicted octanol–water partition coefficient (Wildman–Crippen LogP) is 3.85. The molecule has 0 aromatic carbocycles. The van der Waals surface area contributed by atoms with E-state index >= 15 is 0 Å². The fourth-order valence-corrected chi connectivity index (χ4v) is 0.309. The molecule has 0 aromatic rings. The molecular formula is C8H10Cl2. The highest BCUT2D eigenvalue weighted by atomic mass is 35.5.